The molecule has 7 nitrogen and oxygen atoms in total. The number of nitrogens with zero attached hydrogens (tertiary/aromatic N) is 5. The van der Waals surface area contributed by atoms with Crippen molar-refractivity contribution in [2.45, 2.75) is 31.7 Å². The lowest BCUT2D eigenvalue weighted by Crippen LogP contribution is -2.53. The zero-order chi connectivity index (χ0) is 18.5. The van der Waals surface area contributed by atoms with E-state index in [2.05, 4.69) is 26.0 Å². The maximum Gasteiger partial charge on any atom is 0.250 e. The molecule has 142 valence electrons. The van der Waals surface area contributed by atoms with Crippen molar-refractivity contribution in [1.29, 1.82) is 0 Å². The number of likely N-dealkylation sites (tertiary alicyclic amines) is 1. The normalized spacial score (nSPS) is 27.9. The van der Waals surface area contributed by atoms with E-state index in [9.17, 15) is 9.59 Å². The molecule has 0 aliphatic carbocycles. The smallest absolute Gasteiger partial charge is 0.250 e. The molecule has 0 saturated carbocycles. The van der Waals surface area contributed by atoms with Gasteiger partial charge < -0.3 is 4.57 Å². The van der Waals surface area contributed by atoms with Crippen LogP contribution in [0, 0.1) is 5.92 Å². The van der Waals surface area contributed by atoms with Crippen LogP contribution in [0.25, 0.3) is 0 Å². The third-order valence-corrected chi connectivity index (χ3v) is 7.10. The molecule has 2 fully saturated rings. The van der Waals surface area contributed by atoms with Gasteiger partial charge in [-0.3, -0.25) is 24.5 Å². The van der Waals surface area contributed by atoms with Crippen molar-refractivity contribution in [2.75, 3.05) is 26.3 Å². The number of amides is 1. The van der Waals surface area contributed by atoms with Gasteiger partial charge in [-0.05, 0) is 36.6 Å². The number of hydrogen-bond acceptors (Lipinski definition) is 6. The summed E-state index contributed by atoms with van der Waals surface area (Å²) in [6.07, 6.45) is 2.44. The van der Waals surface area contributed by atoms with Crippen molar-refractivity contribution < 1.29 is 4.79 Å². The number of amidine groups is 1. The maximum atomic E-state index is 12.2. The van der Waals surface area contributed by atoms with Crippen LogP contribution in [0.5, 0.6) is 0 Å². The van der Waals surface area contributed by atoms with E-state index in [0.29, 0.717) is 24.9 Å². The number of fused-ring (bicyclic) bond motifs is 5. The number of thiocarbonyl (C=S) groups is 1. The Morgan fingerprint density at radius 3 is 3.00 bits per heavy atom. The first-order valence-corrected chi connectivity index (χ1v) is 10.6. The number of carbonyl (C=O) groups excluding carboxylic acids is 1. The summed E-state index contributed by atoms with van der Waals surface area (Å²) in [5, 5.41) is 4.88. The molecule has 1 aromatic heterocycles. The van der Waals surface area contributed by atoms with Gasteiger partial charge in [-0.2, -0.15) is 4.99 Å². The summed E-state index contributed by atoms with van der Waals surface area (Å²) in [6.45, 7) is 4.16. The molecule has 0 aromatic carbocycles. The van der Waals surface area contributed by atoms with Crippen molar-refractivity contribution in [3.05, 3.63) is 34.2 Å². The van der Waals surface area contributed by atoms with Gasteiger partial charge in [-0.1, -0.05) is 18.3 Å². The molecule has 4 aliphatic rings. The third kappa shape index (κ3) is 3.11. The molecular weight excluding hydrogens is 382 g/mol. The monoisotopic (exact) mass is 403 g/mol. The topological polar surface area (TPSA) is 61.2 Å². The lowest BCUT2D eigenvalue weighted by atomic mass is 9.83. The maximum absolute atomic E-state index is 12.2. The van der Waals surface area contributed by atoms with Crippen LogP contribution >= 0.6 is 24.0 Å². The van der Waals surface area contributed by atoms with Gasteiger partial charge in [0.15, 0.2) is 9.49 Å². The highest BCUT2D eigenvalue weighted by Gasteiger charge is 2.39. The highest BCUT2D eigenvalue weighted by atomic mass is 32.2. The number of aliphatic imine (C=N–C) groups is 1. The van der Waals surface area contributed by atoms with E-state index >= 15 is 0 Å². The summed E-state index contributed by atoms with van der Waals surface area (Å²) in [5.41, 5.74) is 1.27. The number of rotatable bonds is 2. The van der Waals surface area contributed by atoms with E-state index < -0.39 is 0 Å². The van der Waals surface area contributed by atoms with Crippen LogP contribution in [-0.2, 0) is 11.3 Å². The molecule has 0 radical (unpaired) electrons. The van der Waals surface area contributed by atoms with Crippen molar-refractivity contribution >= 4 is 39.4 Å². The van der Waals surface area contributed by atoms with Crippen LogP contribution in [0.2, 0.25) is 0 Å². The fraction of sp³-hybridized carbons (Fsp3) is 0.556. The van der Waals surface area contributed by atoms with Gasteiger partial charge in [0.2, 0.25) is 5.91 Å². The van der Waals surface area contributed by atoms with E-state index in [4.69, 9.17) is 12.2 Å². The van der Waals surface area contributed by atoms with Crippen molar-refractivity contribution in [3.63, 3.8) is 0 Å². The van der Waals surface area contributed by atoms with Crippen molar-refractivity contribution in [2.24, 2.45) is 10.9 Å². The fourth-order valence-corrected chi connectivity index (χ4v) is 5.90. The Labute approximate surface area is 167 Å². The molecule has 0 N–H and O–H groups in total. The molecule has 1 amide bonds. The Morgan fingerprint density at radius 1 is 1.22 bits per heavy atom. The predicted octanol–water partition coefficient (Wildman–Crippen LogP) is 1.45. The van der Waals surface area contributed by atoms with Crippen LogP contribution < -0.4 is 5.56 Å². The van der Waals surface area contributed by atoms with E-state index in [0.717, 1.165) is 54.2 Å². The van der Waals surface area contributed by atoms with Gasteiger partial charge in [0.05, 0.1) is 6.67 Å². The molecule has 2 saturated heterocycles. The number of piperidine rings is 1. The largest absolute Gasteiger partial charge is 0.312 e. The van der Waals surface area contributed by atoms with E-state index in [-0.39, 0.29) is 11.5 Å². The highest BCUT2D eigenvalue weighted by Crippen LogP contribution is 2.36. The standard InChI is InChI=1S/C18H21N5O2S2/c24-15-4-2-6-22-17(19-15)27-18(26)23(22)11-20-8-12-7-13(10-20)14-3-1-5-16(25)21(14)9-12/h1,3,5,12-13H,2,4,6-11H2/t12-,13-/m0/s1. The zero-order valence-corrected chi connectivity index (χ0v) is 16.5. The molecule has 9 heteroatoms. The summed E-state index contributed by atoms with van der Waals surface area (Å²) in [7, 11) is 0. The Hall–Kier alpha value is -1.71. The van der Waals surface area contributed by atoms with Crippen LogP contribution in [0.4, 0.5) is 0 Å². The van der Waals surface area contributed by atoms with E-state index in [1.807, 2.05) is 10.6 Å². The third-order valence-electron chi connectivity index (χ3n) is 5.77. The van der Waals surface area contributed by atoms with Crippen LogP contribution in [0.3, 0.4) is 0 Å². The molecule has 5 rings (SSSR count). The minimum Gasteiger partial charge on any atom is -0.312 e. The van der Waals surface area contributed by atoms with Crippen molar-refractivity contribution in [1.82, 2.24) is 19.5 Å². The van der Waals surface area contributed by atoms with E-state index in [1.54, 1.807) is 6.07 Å². The van der Waals surface area contributed by atoms with Crippen molar-refractivity contribution in [3.8, 4) is 0 Å². The summed E-state index contributed by atoms with van der Waals surface area (Å²) in [5.74, 6) is 0.812. The minimum atomic E-state index is -0.0563. The second-order valence-corrected chi connectivity index (χ2v) is 9.26. The number of aromatic nitrogens is 1. The van der Waals surface area contributed by atoms with Gasteiger partial charge in [0.25, 0.3) is 5.56 Å². The fourth-order valence-electron chi connectivity index (χ4n) is 4.66. The quantitative estimate of drug-likeness (QED) is 0.693. The van der Waals surface area contributed by atoms with Gasteiger partial charge in [-0.15, -0.1) is 0 Å². The minimum absolute atomic E-state index is 0.0563. The van der Waals surface area contributed by atoms with Crippen LogP contribution in [-0.4, -0.2) is 61.2 Å². The van der Waals surface area contributed by atoms with Gasteiger partial charge in [-0.25, -0.2) is 0 Å². The Bertz CT molecular complexity index is 898. The summed E-state index contributed by atoms with van der Waals surface area (Å²) < 4.78 is 2.72. The molecule has 1 aromatic rings. The summed E-state index contributed by atoms with van der Waals surface area (Å²) >= 11 is 6.99. The van der Waals surface area contributed by atoms with Gasteiger partial charge in [0.1, 0.15) is 0 Å². The van der Waals surface area contributed by atoms with Crippen LogP contribution in [0.15, 0.2) is 28.0 Å². The number of hydrogen-bond donors (Lipinski definition) is 0. The molecule has 4 aliphatic heterocycles. The first kappa shape index (κ1) is 17.4. The molecule has 5 heterocycles. The number of pyridine rings is 1. The van der Waals surface area contributed by atoms with Crippen LogP contribution in [0.1, 0.15) is 30.9 Å². The Morgan fingerprint density at radius 2 is 2.11 bits per heavy atom. The molecule has 0 unspecified atom stereocenters. The second kappa shape index (κ2) is 6.72. The first-order valence-electron chi connectivity index (χ1n) is 9.39. The van der Waals surface area contributed by atoms with Gasteiger partial charge >= 0.3 is 0 Å². The second-order valence-electron chi connectivity index (χ2n) is 7.66. The Kier molecular flexibility index (Phi) is 4.33. The Balaban J connectivity index is 1.35. The summed E-state index contributed by atoms with van der Waals surface area (Å²) in [4.78, 5) is 30.6. The number of hydrazine groups is 1. The zero-order valence-electron chi connectivity index (χ0n) is 14.9. The predicted molar refractivity (Wildman–Crippen MR) is 108 cm³/mol. The molecule has 2 bridgehead atoms. The molecular formula is C18H21N5O2S2. The lowest BCUT2D eigenvalue weighted by molar-refractivity contribution is -0.117. The van der Waals surface area contributed by atoms with Gasteiger partial charge in [0, 0.05) is 50.3 Å². The average molecular weight is 404 g/mol. The first-order chi connectivity index (χ1) is 13.1. The number of thioether (sulfide) groups is 1. The SMILES string of the molecule is O=C1CCCN2C(=N1)SC(=S)N2CN1C[C@@H]2C[C@@H](C1)c1cccc(=O)n1C2. The van der Waals surface area contributed by atoms with E-state index in [1.165, 1.54) is 11.8 Å². The molecule has 27 heavy (non-hydrogen) atoms. The number of carbonyl (C=O) groups is 1. The lowest BCUT2D eigenvalue weighted by Gasteiger charge is -2.44. The molecule has 2 atom stereocenters. The highest BCUT2D eigenvalue weighted by molar-refractivity contribution is 8.33. The molecule has 0 spiro atoms. The average Bonchev–Trinajstić information content (AvgIpc) is 2.80. The summed E-state index contributed by atoms with van der Waals surface area (Å²) in [6, 6.07) is 5.62.